The fourth-order valence-electron chi connectivity index (χ4n) is 3.38. The summed E-state index contributed by atoms with van der Waals surface area (Å²) in [5.74, 6) is -0.642. The standard InChI is InChI=1S/C18H22F3N5O2S/c1-18(21,29(28)14-11-25(2)24-15(14)16(19)20)12-5-8-26(9-6-12)17(27)23-13-4-3-7-22-10-13/h3-4,7,10-12,16H,5-6,8-9H2,1-2H3,(H,23,27)/t18-,29?/m1/s1. The molecule has 2 aromatic heterocycles. The number of rotatable bonds is 5. The van der Waals surface area contributed by atoms with Crippen molar-refractivity contribution < 1.29 is 22.2 Å². The van der Waals surface area contributed by atoms with Gasteiger partial charge in [0.1, 0.15) is 5.69 Å². The molecular weight excluding hydrogens is 407 g/mol. The van der Waals surface area contributed by atoms with Gasteiger partial charge >= 0.3 is 6.03 Å². The molecule has 0 bridgehead atoms. The first kappa shape index (κ1) is 21.3. The molecule has 1 aliphatic heterocycles. The molecule has 0 spiro atoms. The van der Waals surface area contributed by atoms with Gasteiger partial charge in [-0.2, -0.15) is 5.10 Å². The maximum Gasteiger partial charge on any atom is 0.321 e. The molecule has 29 heavy (non-hydrogen) atoms. The number of carbonyl (C=O) groups excluding carboxylic acids is 1. The predicted molar refractivity (Wildman–Crippen MR) is 102 cm³/mol. The minimum atomic E-state index is -2.94. The average molecular weight is 429 g/mol. The number of pyridine rings is 1. The lowest BCUT2D eigenvalue weighted by Crippen LogP contribution is -2.46. The molecule has 2 amide bonds. The Morgan fingerprint density at radius 3 is 2.66 bits per heavy atom. The third-order valence-corrected chi connectivity index (χ3v) is 6.79. The lowest BCUT2D eigenvalue weighted by molar-refractivity contribution is 0.120. The second-order valence-corrected chi connectivity index (χ2v) is 8.82. The zero-order valence-electron chi connectivity index (χ0n) is 16.0. The van der Waals surface area contributed by atoms with Crippen molar-refractivity contribution in [2.24, 2.45) is 13.0 Å². The van der Waals surface area contributed by atoms with E-state index >= 15 is 4.39 Å². The molecule has 3 heterocycles. The van der Waals surface area contributed by atoms with E-state index in [0.29, 0.717) is 5.69 Å². The molecule has 0 aliphatic carbocycles. The topological polar surface area (TPSA) is 80.1 Å². The number of amides is 2. The Morgan fingerprint density at radius 1 is 1.38 bits per heavy atom. The Balaban J connectivity index is 1.65. The van der Waals surface area contributed by atoms with Gasteiger partial charge in [0.2, 0.25) is 0 Å². The molecule has 2 aromatic rings. The van der Waals surface area contributed by atoms with Crippen LogP contribution in [0.4, 0.5) is 23.7 Å². The van der Waals surface area contributed by atoms with E-state index < -0.39 is 33.8 Å². The third kappa shape index (κ3) is 4.60. The first-order valence-corrected chi connectivity index (χ1v) is 10.2. The molecule has 1 unspecified atom stereocenters. The first-order chi connectivity index (χ1) is 13.7. The molecule has 1 fully saturated rings. The van der Waals surface area contributed by atoms with Crippen molar-refractivity contribution in [3.8, 4) is 0 Å². The quantitative estimate of drug-likeness (QED) is 0.789. The number of aryl methyl sites for hydroxylation is 1. The molecule has 3 rings (SSSR count). The highest BCUT2D eigenvalue weighted by molar-refractivity contribution is 7.86. The van der Waals surface area contributed by atoms with E-state index in [4.69, 9.17) is 0 Å². The van der Waals surface area contributed by atoms with Crippen LogP contribution in [0.5, 0.6) is 0 Å². The van der Waals surface area contributed by atoms with E-state index in [-0.39, 0.29) is 36.9 Å². The van der Waals surface area contributed by atoms with E-state index in [1.54, 1.807) is 18.3 Å². The van der Waals surface area contributed by atoms with Crippen LogP contribution in [0.3, 0.4) is 0 Å². The van der Waals surface area contributed by atoms with Crippen LogP contribution < -0.4 is 5.32 Å². The van der Waals surface area contributed by atoms with Crippen molar-refractivity contribution in [3.63, 3.8) is 0 Å². The second kappa shape index (κ2) is 8.52. The number of likely N-dealkylation sites (tertiary alicyclic amines) is 1. The van der Waals surface area contributed by atoms with Crippen molar-refractivity contribution in [2.75, 3.05) is 18.4 Å². The van der Waals surface area contributed by atoms with Gasteiger partial charge in [-0.15, -0.1) is 0 Å². The number of halogens is 3. The van der Waals surface area contributed by atoms with Gasteiger partial charge in [0.25, 0.3) is 6.43 Å². The number of anilines is 1. The third-order valence-electron chi connectivity index (χ3n) is 5.02. The summed E-state index contributed by atoms with van der Waals surface area (Å²) in [5.41, 5.74) is -0.116. The summed E-state index contributed by atoms with van der Waals surface area (Å²) in [6.07, 6.45) is 1.87. The average Bonchev–Trinajstić information content (AvgIpc) is 3.10. The van der Waals surface area contributed by atoms with Gasteiger partial charge in [-0.3, -0.25) is 13.9 Å². The van der Waals surface area contributed by atoms with Gasteiger partial charge in [0.05, 0.1) is 27.6 Å². The number of hydrogen-bond donors (Lipinski definition) is 1. The van der Waals surface area contributed by atoms with Crippen molar-refractivity contribution in [1.29, 1.82) is 0 Å². The fraction of sp³-hybridized carbons (Fsp3) is 0.500. The normalized spacial score (nSPS) is 18.5. The Bertz CT molecular complexity index is 883. The molecule has 1 saturated heterocycles. The number of aromatic nitrogens is 3. The highest BCUT2D eigenvalue weighted by Gasteiger charge is 2.44. The van der Waals surface area contributed by atoms with Gasteiger partial charge in [-0.05, 0) is 31.9 Å². The van der Waals surface area contributed by atoms with Crippen LogP contribution in [0.1, 0.15) is 31.9 Å². The second-order valence-electron chi connectivity index (χ2n) is 7.04. The summed E-state index contributed by atoms with van der Waals surface area (Å²) in [4.78, 5) is 17.5. The smallest absolute Gasteiger partial charge is 0.321 e. The number of carbonyl (C=O) groups is 1. The molecule has 0 radical (unpaired) electrons. The van der Waals surface area contributed by atoms with Crippen molar-refractivity contribution in [2.45, 2.75) is 36.1 Å². The maximum atomic E-state index is 15.5. The number of alkyl halides is 3. The summed E-state index contributed by atoms with van der Waals surface area (Å²) in [6, 6.07) is 3.07. The highest BCUT2D eigenvalue weighted by Crippen LogP contribution is 2.39. The number of nitrogens with one attached hydrogen (secondary N) is 1. The number of nitrogens with zero attached hydrogens (tertiary/aromatic N) is 4. The van der Waals surface area contributed by atoms with Crippen molar-refractivity contribution in [1.82, 2.24) is 19.7 Å². The summed E-state index contributed by atoms with van der Waals surface area (Å²) in [6.45, 7) is 1.70. The van der Waals surface area contributed by atoms with Gasteiger partial charge in [-0.25, -0.2) is 18.0 Å². The molecule has 7 nitrogen and oxygen atoms in total. The molecule has 158 valence electrons. The van der Waals surface area contributed by atoms with Crippen molar-refractivity contribution >= 4 is 22.5 Å². The Kier molecular flexibility index (Phi) is 6.25. The predicted octanol–water partition coefficient (Wildman–Crippen LogP) is 3.49. The molecule has 1 N–H and O–H groups in total. The molecule has 0 saturated carbocycles. The number of hydrogen-bond acceptors (Lipinski definition) is 4. The van der Waals surface area contributed by atoms with E-state index in [0.717, 1.165) is 4.68 Å². The summed E-state index contributed by atoms with van der Waals surface area (Å²) in [7, 11) is -0.895. The van der Waals surface area contributed by atoms with Crippen LogP contribution in [0, 0.1) is 5.92 Å². The highest BCUT2D eigenvalue weighted by atomic mass is 32.2. The van der Waals surface area contributed by atoms with Crippen LogP contribution in [-0.2, 0) is 17.8 Å². The molecular formula is C18H22F3N5O2S. The number of urea groups is 1. The number of piperidine rings is 1. The molecule has 0 aromatic carbocycles. The Labute approximate surface area is 168 Å². The van der Waals surface area contributed by atoms with E-state index in [1.165, 1.54) is 31.3 Å². The Hall–Kier alpha value is -2.43. The van der Waals surface area contributed by atoms with Gasteiger partial charge < -0.3 is 10.2 Å². The summed E-state index contributed by atoms with van der Waals surface area (Å²) in [5, 5.41) is 4.09. The van der Waals surface area contributed by atoms with Crippen LogP contribution in [0.15, 0.2) is 35.6 Å². The lowest BCUT2D eigenvalue weighted by Gasteiger charge is -2.37. The van der Waals surface area contributed by atoms with Crippen LogP contribution in [0.25, 0.3) is 0 Å². The first-order valence-electron chi connectivity index (χ1n) is 9.08. The van der Waals surface area contributed by atoms with E-state index in [1.807, 2.05) is 0 Å². The largest absolute Gasteiger partial charge is 0.325 e. The lowest BCUT2D eigenvalue weighted by atomic mass is 9.92. The molecule has 2 atom stereocenters. The fourth-order valence-corrected chi connectivity index (χ4v) is 4.92. The maximum absolute atomic E-state index is 15.5. The van der Waals surface area contributed by atoms with Crippen LogP contribution in [0.2, 0.25) is 0 Å². The van der Waals surface area contributed by atoms with Gasteiger partial charge in [-0.1, -0.05) is 0 Å². The minimum Gasteiger partial charge on any atom is -0.325 e. The van der Waals surface area contributed by atoms with Crippen LogP contribution in [-0.4, -0.2) is 48.0 Å². The monoisotopic (exact) mass is 429 g/mol. The molecule has 1 aliphatic rings. The van der Waals surface area contributed by atoms with Gasteiger partial charge in [0, 0.05) is 38.4 Å². The minimum absolute atomic E-state index is 0.266. The SMILES string of the molecule is Cn1cc(S(=O)[C@@](C)(F)C2CCN(C(=O)Nc3cccnc3)CC2)c(C(F)F)n1. The summed E-state index contributed by atoms with van der Waals surface area (Å²) >= 11 is 0. The molecule has 11 heteroatoms. The van der Waals surface area contributed by atoms with Crippen molar-refractivity contribution in [3.05, 3.63) is 36.4 Å². The Morgan fingerprint density at radius 2 is 2.07 bits per heavy atom. The zero-order chi connectivity index (χ0) is 21.2. The van der Waals surface area contributed by atoms with Gasteiger partial charge in [0.15, 0.2) is 5.00 Å². The van der Waals surface area contributed by atoms with E-state index in [2.05, 4.69) is 15.4 Å². The zero-order valence-corrected chi connectivity index (χ0v) is 16.8. The summed E-state index contributed by atoms with van der Waals surface area (Å²) < 4.78 is 55.7. The van der Waals surface area contributed by atoms with Crippen LogP contribution >= 0.6 is 0 Å². The van der Waals surface area contributed by atoms with E-state index in [9.17, 15) is 17.8 Å².